The Morgan fingerprint density at radius 3 is 2.61 bits per heavy atom. The van der Waals surface area contributed by atoms with Crippen LogP contribution in [0.5, 0.6) is 0 Å². The average molecular weight is 246 g/mol. The SMILES string of the molecule is CNc1cc(C)ccc1C(=O)N1CCC(C)CC1. The Kier molecular flexibility index (Phi) is 3.90. The van der Waals surface area contributed by atoms with Gasteiger partial charge in [-0.1, -0.05) is 13.0 Å². The van der Waals surface area contributed by atoms with E-state index in [9.17, 15) is 4.79 Å². The Morgan fingerprint density at radius 2 is 2.00 bits per heavy atom. The van der Waals surface area contributed by atoms with Crippen LogP contribution in [0, 0.1) is 12.8 Å². The topological polar surface area (TPSA) is 32.3 Å². The molecule has 1 heterocycles. The van der Waals surface area contributed by atoms with Crippen molar-refractivity contribution < 1.29 is 4.79 Å². The van der Waals surface area contributed by atoms with Crippen molar-refractivity contribution in [2.45, 2.75) is 26.7 Å². The Morgan fingerprint density at radius 1 is 1.33 bits per heavy atom. The van der Waals surface area contributed by atoms with Gasteiger partial charge in [-0.25, -0.2) is 0 Å². The molecule has 18 heavy (non-hydrogen) atoms. The average Bonchev–Trinajstić information content (AvgIpc) is 2.38. The Balaban J connectivity index is 2.18. The molecule has 0 atom stereocenters. The lowest BCUT2D eigenvalue weighted by molar-refractivity contribution is 0.0698. The molecular weight excluding hydrogens is 224 g/mol. The third-order valence-corrected chi connectivity index (χ3v) is 3.75. The summed E-state index contributed by atoms with van der Waals surface area (Å²) in [7, 11) is 1.86. The van der Waals surface area contributed by atoms with E-state index in [1.165, 1.54) is 5.56 Å². The highest BCUT2D eigenvalue weighted by molar-refractivity contribution is 5.99. The number of likely N-dealkylation sites (tertiary alicyclic amines) is 1. The molecule has 1 saturated heterocycles. The molecule has 0 unspecified atom stereocenters. The van der Waals surface area contributed by atoms with Crippen molar-refractivity contribution in [1.29, 1.82) is 0 Å². The number of hydrogen-bond acceptors (Lipinski definition) is 2. The van der Waals surface area contributed by atoms with Crippen LogP contribution in [0.4, 0.5) is 5.69 Å². The number of benzene rings is 1. The van der Waals surface area contributed by atoms with Crippen LogP contribution in [-0.2, 0) is 0 Å². The molecule has 1 fully saturated rings. The molecule has 1 aromatic rings. The molecule has 3 nitrogen and oxygen atoms in total. The van der Waals surface area contributed by atoms with Gasteiger partial charge >= 0.3 is 0 Å². The summed E-state index contributed by atoms with van der Waals surface area (Å²) in [5, 5.41) is 3.12. The number of anilines is 1. The summed E-state index contributed by atoms with van der Waals surface area (Å²) in [6, 6.07) is 5.96. The molecule has 0 bridgehead atoms. The van der Waals surface area contributed by atoms with Gasteiger partial charge < -0.3 is 10.2 Å². The van der Waals surface area contributed by atoms with Crippen molar-refractivity contribution in [3.8, 4) is 0 Å². The lowest BCUT2D eigenvalue weighted by Crippen LogP contribution is -2.38. The molecule has 0 saturated carbocycles. The van der Waals surface area contributed by atoms with Crippen molar-refractivity contribution in [2.75, 3.05) is 25.5 Å². The van der Waals surface area contributed by atoms with Gasteiger partial charge in [-0.3, -0.25) is 4.79 Å². The first-order chi connectivity index (χ1) is 8.61. The molecule has 1 amide bonds. The van der Waals surface area contributed by atoms with Crippen molar-refractivity contribution in [1.82, 2.24) is 4.90 Å². The lowest BCUT2D eigenvalue weighted by atomic mass is 9.98. The van der Waals surface area contributed by atoms with Gasteiger partial charge in [-0.05, 0) is 43.4 Å². The maximum atomic E-state index is 12.5. The molecule has 3 heteroatoms. The first kappa shape index (κ1) is 12.9. The number of nitrogens with one attached hydrogen (secondary N) is 1. The fourth-order valence-electron chi connectivity index (χ4n) is 2.43. The molecule has 0 aromatic heterocycles. The van der Waals surface area contributed by atoms with E-state index >= 15 is 0 Å². The monoisotopic (exact) mass is 246 g/mol. The largest absolute Gasteiger partial charge is 0.387 e. The summed E-state index contributed by atoms with van der Waals surface area (Å²) < 4.78 is 0. The molecule has 0 aliphatic carbocycles. The van der Waals surface area contributed by atoms with E-state index in [0.717, 1.165) is 43.1 Å². The molecule has 1 aliphatic heterocycles. The number of rotatable bonds is 2. The van der Waals surface area contributed by atoms with Gasteiger partial charge in [0.2, 0.25) is 0 Å². The number of amides is 1. The minimum Gasteiger partial charge on any atom is -0.387 e. The minimum absolute atomic E-state index is 0.159. The van der Waals surface area contributed by atoms with E-state index in [1.807, 2.05) is 37.1 Å². The second kappa shape index (κ2) is 5.42. The summed E-state index contributed by atoms with van der Waals surface area (Å²) in [6.45, 7) is 6.07. The summed E-state index contributed by atoms with van der Waals surface area (Å²) in [4.78, 5) is 14.5. The van der Waals surface area contributed by atoms with E-state index in [4.69, 9.17) is 0 Å². The van der Waals surface area contributed by atoms with Crippen LogP contribution in [0.2, 0.25) is 0 Å². The number of hydrogen-bond donors (Lipinski definition) is 1. The maximum absolute atomic E-state index is 12.5. The Labute approximate surface area is 109 Å². The third-order valence-electron chi connectivity index (χ3n) is 3.75. The molecule has 0 spiro atoms. The predicted octanol–water partition coefficient (Wildman–Crippen LogP) is 2.91. The Bertz CT molecular complexity index is 434. The van der Waals surface area contributed by atoms with E-state index in [1.54, 1.807) is 0 Å². The van der Waals surface area contributed by atoms with Gasteiger partial charge in [-0.2, -0.15) is 0 Å². The van der Waals surface area contributed by atoms with Crippen LogP contribution in [0.3, 0.4) is 0 Å². The normalized spacial score (nSPS) is 16.7. The molecule has 98 valence electrons. The first-order valence-electron chi connectivity index (χ1n) is 6.69. The lowest BCUT2D eigenvalue weighted by Gasteiger charge is -2.30. The van der Waals surface area contributed by atoms with Crippen molar-refractivity contribution in [2.24, 2.45) is 5.92 Å². The summed E-state index contributed by atoms with van der Waals surface area (Å²) in [6.07, 6.45) is 2.24. The Hall–Kier alpha value is -1.51. The number of nitrogens with zero attached hydrogens (tertiary/aromatic N) is 1. The quantitative estimate of drug-likeness (QED) is 0.870. The molecular formula is C15H22N2O. The standard InChI is InChI=1S/C15H22N2O/c1-11-6-8-17(9-7-11)15(18)13-5-4-12(2)10-14(13)16-3/h4-5,10-11,16H,6-9H2,1-3H3. The highest BCUT2D eigenvalue weighted by atomic mass is 16.2. The van der Waals surface area contributed by atoms with E-state index in [-0.39, 0.29) is 5.91 Å². The molecule has 2 rings (SSSR count). The molecule has 0 radical (unpaired) electrons. The number of carbonyl (C=O) groups is 1. The van der Waals surface area contributed by atoms with Crippen LogP contribution < -0.4 is 5.32 Å². The van der Waals surface area contributed by atoms with E-state index in [0.29, 0.717) is 0 Å². The van der Waals surface area contributed by atoms with Crippen LogP contribution in [0.15, 0.2) is 18.2 Å². The zero-order chi connectivity index (χ0) is 13.1. The maximum Gasteiger partial charge on any atom is 0.255 e. The van der Waals surface area contributed by atoms with Gasteiger partial charge in [0.25, 0.3) is 5.91 Å². The van der Waals surface area contributed by atoms with Gasteiger partial charge in [0.05, 0.1) is 5.56 Å². The zero-order valence-corrected chi connectivity index (χ0v) is 11.5. The van der Waals surface area contributed by atoms with Gasteiger partial charge in [0, 0.05) is 25.8 Å². The van der Waals surface area contributed by atoms with Crippen LogP contribution >= 0.6 is 0 Å². The predicted molar refractivity (Wildman–Crippen MR) is 75.0 cm³/mol. The van der Waals surface area contributed by atoms with Crippen molar-refractivity contribution >= 4 is 11.6 Å². The first-order valence-corrected chi connectivity index (χ1v) is 6.69. The van der Waals surface area contributed by atoms with Crippen LogP contribution in [-0.4, -0.2) is 30.9 Å². The van der Waals surface area contributed by atoms with Gasteiger partial charge in [0.15, 0.2) is 0 Å². The highest BCUT2D eigenvalue weighted by Gasteiger charge is 2.22. The molecule has 1 N–H and O–H groups in total. The van der Waals surface area contributed by atoms with Crippen molar-refractivity contribution in [3.63, 3.8) is 0 Å². The van der Waals surface area contributed by atoms with Crippen LogP contribution in [0.25, 0.3) is 0 Å². The van der Waals surface area contributed by atoms with E-state index in [2.05, 4.69) is 12.2 Å². The molecule has 1 aromatic carbocycles. The fraction of sp³-hybridized carbons (Fsp3) is 0.533. The smallest absolute Gasteiger partial charge is 0.255 e. The second-order valence-electron chi connectivity index (χ2n) is 5.27. The van der Waals surface area contributed by atoms with Gasteiger partial charge in [0.1, 0.15) is 0 Å². The third kappa shape index (κ3) is 2.66. The van der Waals surface area contributed by atoms with Crippen LogP contribution in [0.1, 0.15) is 35.7 Å². The summed E-state index contributed by atoms with van der Waals surface area (Å²) in [5.41, 5.74) is 2.89. The van der Waals surface area contributed by atoms with E-state index < -0.39 is 0 Å². The molecule has 1 aliphatic rings. The minimum atomic E-state index is 0.159. The second-order valence-corrected chi connectivity index (χ2v) is 5.27. The van der Waals surface area contributed by atoms with Crippen molar-refractivity contribution in [3.05, 3.63) is 29.3 Å². The zero-order valence-electron chi connectivity index (χ0n) is 11.5. The summed E-state index contributed by atoms with van der Waals surface area (Å²) >= 11 is 0. The van der Waals surface area contributed by atoms with Gasteiger partial charge in [-0.15, -0.1) is 0 Å². The number of piperidine rings is 1. The number of carbonyl (C=O) groups excluding carboxylic acids is 1. The fourth-order valence-corrected chi connectivity index (χ4v) is 2.43. The number of aryl methyl sites for hydroxylation is 1. The highest BCUT2D eigenvalue weighted by Crippen LogP contribution is 2.22. The summed E-state index contributed by atoms with van der Waals surface area (Å²) in [5.74, 6) is 0.905.